The van der Waals surface area contributed by atoms with Crippen LogP contribution in [0.3, 0.4) is 0 Å². The van der Waals surface area contributed by atoms with Crippen LogP contribution in [-0.4, -0.2) is 23.7 Å². The highest BCUT2D eigenvalue weighted by molar-refractivity contribution is 6.00. The highest BCUT2D eigenvalue weighted by Crippen LogP contribution is 2.11. The van der Waals surface area contributed by atoms with Crippen LogP contribution in [0.2, 0.25) is 0 Å². The van der Waals surface area contributed by atoms with E-state index in [4.69, 9.17) is 0 Å². The highest BCUT2D eigenvalue weighted by atomic mass is 15.3. The van der Waals surface area contributed by atoms with Gasteiger partial charge in [-0.1, -0.05) is 13.8 Å². The van der Waals surface area contributed by atoms with Crippen molar-refractivity contribution in [3.63, 3.8) is 0 Å². The summed E-state index contributed by atoms with van der Waals surface area (Å²) in [6.45, 7) is 10.6. The van der Waals surface area contributed by atoms with E-state index < -0.39 is 0 Å². The molecule has 0 aromatic carbocycles. The SMILES string of the molecule is C=Nn1cccc1C(=NCC)C(C)C. The van der Waals surface area contributed by atoms with Gasteiger partial charge in [0, 0.05) is 19.5 Å². The van der Waals surface area contributed by atoms with Gasteiger partial charge < -0.3 is 0 Å². The van der Waals surface area contributed by atoms with Gasteiger partial charge >= 0.3 is 0 Å². The third-order valence-corrected chi connectivity index (χ3v) is 2.02. The molecule has 76 valence electrons. The van der Waals surface area contributed by atoms with Crippen LogP contribution in [0.4, 0.5) is 0 Å². The summed E-state index contributed by atoms with van der Waals surface area (Å²) in [5.41, 5.74) is 2.13. The molecule has 0 bridgehead atoms. The molecule has 1 heterocycles. The zero-order valence-corrected chi connectivity index (χ0v) is 9.07. The van der Waals surface area contributed by atoms with Crippen LogP contribution in [0, 0.1) is 5.92 Å². The molecule has 0 radical (unpaired) electrons. The van der Waals surface area contributed by atoms with E-state index in [0.29, 0.717) is 5.92 Å². The summed E-state index contributed by atoms with van der Waals surface area (Å²) in [7, 11) is 0. The van der Waals surface area contributed by atoms with Gasteiger partial charge in [0.25, 0.3) is 0 Å². The van der Waals surface area contributed by atoms with E-state index in [9.17, 15) is 0 Å². The van der Waals surface area contributed by atoms with Crippen LogP contribution in [0.5, 0.6) is 0 Å². The predicted molar refractivity (Wildman–Crippen MR) is 61.3 cm³/mol. The molecule has 1 rings (SSSR count). The molecule has 0 unspecified atom stereocenters. The van der Waals surface area contributed by atoms with Gasteiger partial charge in [0.2, 0.25) is 0 Å². The summed E-state index contributed by atoms with van der Waals surface area (Å²) >= 11 is 0. The summed E-state index contributed by atoms with van der Waals surface area (Å²) in [4.78, 5) is 4.48. The minimum Gasteiger partial charge on any atom is -0.288 e. The van der Waals surface area contributed by atoms with Gasteiger partial charge in [-0.25, -0.2) is 4.68 Å². The standard InChI is InChI=1S/C11H17N3/c1-5-13-11(9(2)3)10-7-6-8-14(10)12-4/h6-9H,4-5H2,1-3H3. The monoisotopic (exact) mass is 191 g/mol. The van der Waals surface area contributed by atoms with Crippen LogP contribution in [0.1, 0.15) is 26.5 Å². The molecule has 14 heavy (non-hydrogen) atoms. The average molecular weight is 191 g/mol. The fourth-order valence-corrected chi connectivity index (χ4v) is 1.43. The third kappa shape index (κ3) is 2.10. The van der Waals surface area contributed by atoms with Crippen LogP contribution in [0.25, 0.3) is 0 Å². The molecule has 0 fully saturated rings. The molecule has 1 aromatic rings. The second kappa shape index (κ2) is 4.74. The smallest absolute Gasteiger partial charge is 0.0858 e. The first kappa shape index (κ1) is 10.7. The number of aliphatic imine (C=N–C) groups is 1. The summed E-state index contributed by atoms with van der Waals surface area (Å²) < 4.78 is 1.76. The normalized spacial score (nSPS) is 12.1. The van der Waals surface area contributed by atoms with Gasteiger partial charge in [0.15, 0.2) is 0 Å². The lowest BCUT2D eigenvalue weighted by atomic mass is 10.1. The van der Waals surface area contributed by atoms with Crippen molar-refractivity contribution in [2.24, 2.45) is 16.0 Å². The maximum Gasteiger partial charge on any atom is 0.0858 e. The van der Waals surface area contributed by atoms with Gasteiger partial charge in [0.1, 0.15) is 0 Å². The van der Waals surface area contributed by atoms with Crippen molar-refractivity contribution in [1.29, 1.82) is 0 Å². The molecule has 0 atom stereocenters. The van der Waals surface area contributed by atoms with Crippen LogP contribution in [0.15, 0.2) is 28.4 Å². The highest BCUT2D eigenvalue weighted by Gasteiger charge is 2.11. The fourth-order valence-electron chi connectivity index (χ4n) is 1.43. The van der Waals surface area contributed by atoms with Crippen molar-refractivity contribution in [1.82, 2.24) is 4.68 Å². The molecule has 0 aliphatic carbocycles. The number of hydrogen-bond donors (Lipinski definition) is 0. The van der Waals surface area contributed by atoms with Crippen LogP contribution in [-0.2, 0) is 0 Å². The van der Waals surface area contributed by atoms with E-state index in [1.807, 2.05) is 25.3 Å². The molecule has 0 saturated carbocycles. The largest absolute Gasteiger partial charge is 0.288 e. The fraction of sp³-hybridized carbons (Fsp3) is 0.455. The first-order chi connectivity index (χ1) is 6.70. The number of hydrogen-bond acceptors (Lipinski definition) is 2. The average Bonchev–Trinajstić information content (AvgIpc) is 2.61. The molecular formula is C11H17N3. The summed E-state index contributed by atoms with van der Waals surface area (Å²) in [5.74, 6) is 0.408. The quantitative estimate of drug-likeness (QED) is 0.654. The zero-order chi connectivity index (χ0) is 10.6. The van der Waals surface area contributed by atoms with E-state index in [1.54, 1.807) is 4.68 Å². The molecule has 0 amide bonds. The topological polar surface area (TPSA) is 29.6 Å². The predicted octanol–water partition coefficient (Wildman–Crippen LogP) is 2.42. The lowest BCUT2D eigenvalue weighted by molar-refractivity contribution is 0.828. The maximum atomic E-state index is 4.48. The Kier molecular flexibility index (Phi) is 3.63. The molecular weight excluding hydrogens is 174 g/mol. The van der Waals surface area contributed by atoms with Crippen molar-refractivity contribution in [2.45, 2.75) is 20.8 Å². The second-order valence-corrected chi connectivity index (χ2v) is 3.39. The van der Waals surface area contributed by atoms with E-state index in [0.717, 1.165) is 18.0 Å². The van der Waals surface area contributed by atoms with E-state index in [2.05, 4.69) is 30.7 Å². The first-order valence-corrected chi connectivity index (χ1v) is 4.89. The van der Waals surface area contributed by atoms with Crippen molar-refractivity contribution in [3.05, 3.63) is 24.0 Å². The number of aromatic nitrogens is 1. The Bertz CT molecular complexity index is 334. The number of rotatable bonds is 4. The van der Waals surface area contributed by atoms with E-state index in [-0.39, 0.29) is 0 Å². The lowest BCUT2D eigenvalue weighted by Gasteiger charge is -2.10. The van der Waals surface area contributed by atoms with E-state index >= 15 is 0 Å². The molecule has 1 aromatic heterocycles. The second-order valence-electron chi connectivity index (χ2n) is 3.39. The van der Waals surface area contributed by atoms with E-state index in [1.165, 1.54) is 0 Å². The molecule has 3 nitrogen and oxygen atoms in total. The van der Waals surface area contributed by atoms with Crippen LogP contribution < -0.4 is 0 Å². The minimum absolute atomic E-state index is 0.408. The molecule has 0 aliphatic rings. The van der Waals surface area contributed by atoms with Crippen molar-refractivity contribution >= 4 is 12.4 Å². The Labute approximate surface area is 85.2 Å². The Hall–Kier alpha value is -1.38. The summed E-state index contributed by atoms with van der Waals surface area (Å²) in [6, 6.07) is 3.97. The molecule has 0 spiro atoms. The van der Waals surface area contributed by atoms with Gasteiger partial charge in [0.05, 0.1) is 11.4 Å². The third-order valence-electron chi connectivity index (χ3n) is 2.02. The molecule has 0 aliphatic heterocycles. The summed E-state index contributed by atoms with van der Waals surface area (Å²) in [5, 5.41) is 3.90. The molecule has 3 heteroatoms. The minimum atomic E-state index is 0.408. The van der Waals surface area contributed by atoms with Gasteiger partial charge in [-0.05, 0) is 25.0 Å². The molecule has 0 N–H and O–H groups in total. The van der Waals surface area contributed by atoms with Crippen molar-refractivity contribution in [2.75, 3.05) is 6.54 Å². The Morgan fingerprint density at radius 3 is 2.79 bits per heavy atom. The Balaban J connectivity index is 3.11. The number of nitrogens with zero attached hydrogens (tertiary/aromatic N) is 3. The van der Waals surface area contributed by atoms with Gasteiger partial charge in [-0.15, -0.1) is 0 Å². The van der Waals surface area contributed by atoms with Crippen molar-refractivity contribution in [3.8, 4) is 0 Å². The molecule has 0 saturated heterocycles. The lowest BCUT2D eigenvalue weighted by Crippen LogP contribution is -2.13. The Morgan fingerprint density at radius 1 is 1.57 bits per heavy atom. The Morgan fingerprint density at radius 2 is 2.29 bits per heavy atom. The zero-order valence-electron chi connectivity index (χ0n) is 9.07. The van der Waals surface area contributed by atoms with Gasteiger partial charge in [-0.2, -0.15) is 5.10 Å². The maximum absolute atomic E-state index is 4.48. The van der Waals surface area contributed by atoms with Crippen LogP contribution >= 0.6 is 0 Å². The van der Waals surface area contributed by atoms with Gasteiger partial charge in [-0.3, -0.25) is 4.99 Å². The first-order valence-electron chi connectivity index (χ1n) is 4.89. The summed E-state index contributed by atoms with van der Waals surface area (Å²) in [6.07, 6.45) is 1.88. The van der Waals surface area contributed by atoms with Crippen molar-refractivity contribution < 1.29 is 0 Å².